The van der Waals surface area contributed by atoms with Gasteiger partial charge in [-0.3, -0.25) is 0 Å². The summed E-state index contributed by atoms with van der Waals surface area (Å²) in [6.45, 7) is 0. The zero-order valence-electron chi connectivity index (χ0n) is 7.78. The largest absolute Gasteiger partial charge is 0.122 e. The molecule has 3 saturated carbocycles. The summed E-state index contributed by atoms with van der Waals surface area (Å²) in [6, 6.07) is 0. The highest BCUT2D eigenvalue weighted by molar-refractivity contribution is 6.58. The molecule has 4 rings (SSSR count). The molecule has 4 aliphatic rings. The van der Waals surface area contributed by atoms with Crippen molar-refractivity contribution in [2.24, 2.45) is 17.8 Å². The van der Waals surface area contributed by atoms with Crippen molar-refractivity contribution in [3.05, 3.63) is 10.1 Å². The Kier molecular flexibility index (Phi) is 1.89. The second kappa shape index (κ2) is 2.67. The molecule has 0 spiro atoms. The van der Waals surface area contributed by atoms with Crippen LogP contribution in [0.2, 0.25) is 0 Å². The van der Waals surface area contributed by atoms with Gasteiger partial charge < -0.3 is 0 Å². The van der Waals surface area contributed by atoms with E-state index in [1.54, 1.807) is 0 Å². The highest BCUT2D eigenvalue weighted by atomic mass is 35.5. The SMILES string of the molecule is ClC1=C(Cl)[C@]2(Cl)[C@H]3C[C@@H]4[C@H]([C@@H]3Cl)[C@@]1(Cl)[C@@]42Cl. The fraction of sp³-hybridized carbons (Fsp3) is 0.800. The van der Waals surface area contributed by atoms with Crippen LogP contribution >= 0.6 is 69.6 Å². The van der Waals surface area contributed by atoms with Gasteiger partial charge in [0.1, 0.15) is 9.75 Å². The third-order valence-corrected chi connectivity index (χ3v) is 9.46. The fourth-order valence-corrected chi connectivity index (χ4v) is 8.33. The second-order valence-corrected chi connectivity index (χ2v) is 8.23. The van der Waals surface area contributed by atoms with Crippen molar-refractivity contribution in [2.45, 2.75) is 26.4 Å². The molecule has 0 aromatic heterocycles. The Bertz CT molecular complexity index is 458. The number of halogens is 6. The number of alkyl halides is 4. The van der Waals surface area contributed by atoms with E-state index in [4.69, 9.17) is 69.6 Å². The van der Waals surface area contributed by atoms with Crippen LogP contribution in [-0.2, 0) is 0 Å². The Morgan fingerprint density at radius 3 is 2.12 bits per heavy atom. The topological polar surface area (TPSA) is 0 Å². The molecule has 0 aliphatic heterocycles. The van der Waals surface area contributed by atoms with Gasteiger partial charge in [0, 0.05) is 17.2 Å². The van der Waals surface area contributed by atoms with Gasteiger partial charge in [0.2, 0.25) is 0 Å². The molecule has 3 fully saturated rings. The van der Waals surface area contributed by atoms with Gasteiger partial charge in [-0.15, -0.1) is 46.4 Å². The van der Waals surface area contributed by atoms with Gasteiger partial charge in [-0.05, 0) is 12.3 Å². The zero-order valence-corrected chi connectivity index (χ0v) is 12.3. The minimum atomic E-state index is -0.860. The average molecular weight is 339 g/mol. The molecule has 2 bridgehead atoms. The van der Waals surface area contributed by atoms with Crippen molar-refractivity contribution >= 4 is 69.6 Å². The number of rotatable bonds is 0. The van der Waals surface area contributed by atoms with E-state index in [1.165, 1.54) is 0 Å². The van der Waals surface area contributed by atoms with Crippen molar-refractivity contribution < 1.29 is 0 Å². The van der Waals surface area contributed by atoms with Crippen LogP contribution in [0.5, 0.6) is 0 Å². The Balaban J connectivity index is 2.08. The highest BCUT2D eigenvalue weighted by Crippen LogP contribution is 2.88. The van der Waals surface area contributed by atoms with Crippen LogP contribution in [0.1, 0.15) is 6.42 Å². The van der Waals surface area contributed by atoms with E-state index >= 15 is 0 Å². The molecular formula is C10H6Cl6. The van der Waals surface area contributed by atoms with E-state index < -0.39 is 14.6 Å². The van der Waals surface area contributed by atoms with Crippen molar-refractivity contribution in [1.82, 2.24) is 0 Å². The smallest absolute Gasteiger partial charge is 0.107 e. The second-order valence-electron chi connectivity index (χ2n) is 5.18. The predicted molar refractivity (Wildman–Crippen MR) is 69.2 cm³/mol. The minimum absolute atomic E-state index is 0.0781. The molecule has 0 aromatic carbocycles. The maximum atomic E-state index is 6.70. The fourth-order valence-electron chi connectivity index (χ4n) is 4.48. The first-order chi connectivity index (χ1) is 7.33. The van der Waals surface area contributed by atoms with E-state index in [1.807, 2.05) is 0 Å². The Morgan fingerprint density at radius 2 is 1.50 bits per heavy atom. The normalized spacial score (nSPS) is 70.1. The maximum Gasteiger partial charge on any atom is 0.107 e. The minimum Gasteiger partial charge on any atom is -0.122 e. The molecule has 4 aliphatic carbocycles. The van der Waals surface area contributed by atoms with E-state index in [0.29, 0.717) is 10.1 Å². The lowest BCUT2D eigenvalue weighted by Gasteiger charge is -2.64. The quantitative estimate of drug-likeness (QED) is 0.570. The lowest BCUT2D eigenvalue weighted by molar-refractivity contribution is 0.0670. The molecule has 0 N–H and O–H groups in total. The van der Waals surface area contributed by atoms with Crippen LogP contribution in [0.25, 0.3) is 0 Å². The Labute approximate surface area is 123 Å². The standard InChI is InChI=1S/C10H6Cl6/c11-5-3-1-2-4(5)9(15)7(13)6(12)8(3,14)10(2,9)16/h2-5H,1H2/t2-,3+,4-,5-,8-,9+,10-/m1/s1. The van der Waals surface area contributed by atoms with Crippen LogP contribution < -0.4 is 0 Å². The summed E-state index contributed by atoms with van der Waals surface area (Å²) in [5.41, 5.74) is 0. The molecule has 7 atom stereocenters. The summed E-state index contributed by atoms with van der Waals surface area (Å²) < 4.78 is 0. The van der Waals surface area contributed by atoms with E-state index in [2.05, 4.69) is 0 Å². The monoisotopic (exact) mass is 336 g/mol. The molecule has 0 amide bonds. The van der Waals surface area contributed by atoms with E-state index in [-0.39, 0.29) is 23.1 Å². The van der Waals surface area contributed by atoms with E-state index in [0.717, 1.165) is 6.42 Å². The average Bonchev–Trinajstić information content (AvgIpc) is 2.69. The molecule has 0 aromatic rings. The van der Waals surface area contributed by atoms with Crippen molar-refractivity contribution in [1.29, 1.82) is 0 Å². The number of hydrogen-bond acceptors (Lipinski definition) is 0. The zero-order chi connectivity index (χ0) is 11.7. The molecule has 0 heterocycles. The van der Waals surface area contributed by atoms with Gasteiger partial charge in [0.15, 0.2) is 0 Å². The van der Waals surface area contributed by atoms with Crippen LogP contribution in [0.3, 0.4) is 0 Å². The van der Waals surface area contributed by atoms with Crippen LogP contribution in [0.4, 0.5) is 0 Å². The molecule has 0 nitrogen and oxygen atoms in total. The third-order valence-electron chi connectivity index (χ3n) is 5.04. The molecule has 88 valence electrons. The molecule has 0 radical (unpaired) electrons. The van der Waals surface area contributed by atoms with Gasteiger partial charge in [-0.2, -0.15) is 0 Å². The molecule has 6 heteroatoms. The third kappa shape index (κ3) is 0.672. The van der Waals surface area contributed by atoms with Gasteiger partial charge in [0.25, 0.3) is 0 Å². The molecule has 0 unspecified atom stereocenters. The number of allylic oxidation sites excluding steroid dienone is 2. The summed E-state index contributed by atoms with van der Waals surface area (Å²) >= 11 is 39.0. The first-order valence-corrected chi connectivity index (χ1v) is 7.42. The summed E-state index contributed by atoms with van der Waals surface area (Å²) in [5.74, 6) is 0.426. The Morgan fingerprint density at radius 1 is 0.938 bits per heavy atom. The summed E-state index contributed by atoms with van der Waals surface area (Å²) in [4.78, 5) is -2.45. The van der Waals surface area contributed by atoms with Gasteiger partial charge >= 0.3 is 0 Å². The van der Waals surface area contributed by atoms with E-state index in [9.17, 15) is 0 Å². The lowest BCUT2D eigenvalue weighted by Crippen LogP contribution is -2.76. The highest BCUT2D eigenvalue weighted by Gasteiger charge is 2.93. The van der Waals surface area contributed by atoms with Crippen LogP contribution in [-0.4, -0.2) is 20.0 Å². The predicted octanol–water partition coefficient (Wildman–Crippen LogP) is 4.51. The summed E-state index contributed by atoms with van der Waals surface area (Å²) in [5, 5.41) is 0.750. The van der Waals surface area contributed by atoms with Gasteiger partial charge in [-0.25, -0.2) is 0 Å². The first-order valence-electron chi connectivity index (χ1n) is 5.10. The van der Waals surface area contributed by atoms with Crippen molar-refractivity contribution in [3.8, 4) is 0 Å². The molecular weight excluding hydrogens is 333 g/mol. The van der Waals surface area contributed by atoms with Gasteiger partial charge in [0.05, 0.1) is 14.9 Å². The summed E-state index contributed by atoms with van der Waals surface area (Å²) in [6.07, 6.45) is 0.903. The van der Waals surface area contributed by atoms with Gasteiger partial charge in [-0.1, -0.05) is 23.2 Å². The summed E-state index contributed by atoms with van der Waals surface area (Å²) in [7, 11) is 0. The molecule has 16 heavy (non-hydrogen) atoms. The number of hydrogen-bond donors (Lipinski definition) is 0. The van der Waals surface area contributed by atoms with Crippen molar-refractivity contribution in [2.75, 3.05) is 0 Å². The molecule has 0 saturated heterocycles. The lowest BCUT2D eigenvalue weighted by atomic mass is 9.53. The van der Waals surface area contributed by atoms with Crippen LogP contribution in [0.15, 0.2) is 10.1 Å². The Hall–Kier alpha value is 1.48. The number of fused-ring (bicyclic) bond motifs is 3. The first kappa shape index (κ1) is 11.3. The van der Waals surface area contributed by atoms with Crippen molar-refractivity contribution in [3.63, 3.8) is 0 Å². The van der Waals surface area contributed by atoms with Crippen LogP contribution in [0, 0.1) is 17.8 Å². The maximum absolute atomic E-state index is 6.70.